The van der Waals surface area contributed by atoms with Crippen LogP contribution in [-0.2, 0) is 12.8 Å². The van der Waals surface area contributed by atoms with Gasteiger partial charge in [-0.15, -0.1) is 0 Å². The predicted molar refractivity (Wildman–Crippen MR) is 43.3 cm³/mol. The van der Waals surface area contributed by atoms with Crippen molar-refractivity contribution in [1.29, 1.82) is 0 Å². The molecule has 0 aromatic heterocycles. The molecule has 0 radical (unpaired) electrons. The minimum Gasteiger partial charge on any atom is -0.398 e. The maximum Gasteiger partial charge on any atom is 0.0638 e. The lowest BCUT2D eigenvalue weighted by molar-refractivity contribution is 0.840. The number of halogens is 1. The van der Waals surface area contributed by atoms with E-state index in [9.17, 15) is 0 Å². The highest BCUT2D eigenvalue weighted by atomic mass is 35.5. The Hall–Kier alpha value is -0.690. The Kier molecular flexibility index (Phi) is 1.15. The second-order valence-corrected chi connectivity index (χ2v) is 3.05. The lowest BCUT2D eigenvalue weighted by Crippen LogP contribution is -2.08. The number of fused-ring (bicyclic) bond motifs is 1. The zero-order valence-electron chi connectivity index (χ0n) is 5.52. The van der Waals surface area contributed by atoms with Gasteiger partial charge in [0, 0.05) is 0 Å². The van der Waals surface area contributed by atoms with E-state index in [1.165, 1.54) is 11.1 Å². The molecule has 0 heterocycles. The van der Waals surface area contributed by atoms with Gasteiger partial charge in [0.1, 0.15) is 0 Å². The van der Waals surface area contributed by atoms with E-state index in [2.05, 4.69) is 0 Å². The molecule has 1 aliphatic carbocycles. The third kappa shape index (κ3) is 0.706. The van der Waals surface area contributed by atoms with Crippen LogP contribution in [-0.4, -0.2) is 0 Å². The molecule has 1 aliphatic rings. The summed E-state index contributed by atoms with van der Waals surface area (Å²) in [5, 5.41) is 0.693. The van der Waals surface area contributed by atoms with Crippen molar-refractivity contribution in [3.05, 3.63) is 28.3 Å². The second kappa shape index (κ2) is 1.89. The molecular formula is C8H8ClN. The molecule has 0 saturated carbocycles. The fraction of sp³-hybridized carbons (Fsp3) is 0.250. The van der Waals surface area contributed by atoms with Gasteiger partial charge in [-0.05, 0) is 36.1 Å². The van der Waals surface area contributed by atoms with E-state index in [1.807, 2.05) is 12.1 Å². The quantitative estimate of drug-likeness (QED) is 0.567. The summed E-state index contributed by atoms with van der Waals surface area (Å²) < 4.78 is 0. The average molecular weight is 154 g/mol. The van der Waals surface area contributed by atoms with Crippen molar-refractivity contribution >= 4 is 17.3 Å². The average Bonchev–Trinajstić information content (AvgIpc) is 1.89. The van der Waals surface area contributed by atoms with Gasteiger partial charge < -0.3 is 5.73 Å². The molecule has 2 rings (SSSR count). The van der Waals surface area contributed by atoms with Crippen LogP contribution < -0.4 is 5.73 Å². The lowest BCUT2D eigenvalue weighted by Gasteiger charge is -2.19. The van der Waals surface area contributed by atoms with Crippen molar-refractivity contribution < 1.29 is 0 Å². The van der Waals surface area contributed by atoms with E-state index in [-0.39, 0.29) is 0 Å². The van der Waals surface area contributed by atoms with Crippen LogP contribution in [0.4, 0.5) is 5.69 Å². The number of anilines is 1. The van der Waals surface area contributed by atoms with Crippen LogP contribution >= 0.6 is 11.6 Å². The SMILES string of the molecule is Nc1cc2c(cc1Cl)CC2. The third-order valence-electron chi connectivity index (χ3n) is 1.98. The van der Waals surface area contributed by atoms with Gasteiger partial charge in [-0.1, -0.05) is 11.6 Å². The van der Waals surface area contributed by atoms with Gasteiger partial charge >= 0.3 is 0 Å². The molecule has 0 atom stereocenters. The maximum atomic E-state index is 5.79. The van der Waals surface area contributed by atoms with Gasteiger partial charge in [-0.2, -0.15) is 0 Å². The Morgan fingerprint density at radius 3 is 2.30 bits per heavy atom. The normalized spacial score (nSPS) is 14.1. The standard InChI is InChI=1S/C8H8ClN/c9-7-3-5-1-2-6(5)4-8(7)10/h3-4H,1-2,10H2. The number of nitrogen functional groups attached to an aromatic ring is 1. The molecule has 0 unspecified atom stereocenters. The Labute approximate surface area is 64.8 Å². The molecule has 0 fully saturated rings. The van der Waals surface area contributed by atoms with Crippen LogP contribution in [0.3, 0.4) is 0 Å². The van der Waals surface area contributed by atoms with Gasteiger partial charge in [-0.25, -0.2) is 0 Å². The highest BCUT2D eigenvalue weighted by Crippen LogP contribution is 2.30. The van der Waals surface area contributed by atoms with Gasteiger partial charge in [0.25, 0.3) is 0 Å². The second-order valence-electron chi connectivity index (χ2n) is 2.64. The van der Waals surface area contributed by atoms with Crippen LogP contribution in [0.1, 0.15) is 11.1 Å². The summed E-state index contributed by atoms with van der Waals surface area (Å²) in [6, 6.07) is 3.94. The lowest BCUT2D eigenvalue weighted by atomic mass is 9.88. The summed E-state index contributed by atoms with van der Waals surface area (Å²) in [6.45, 7) is 0. The number of benzene rings is 1. The number of aryl methyl sites for hydroxylation is 2. The van der Waals surface area contributed by atoms with Crippen LogP contribution in [0.5, 0.6) is 0 Å². The number of hydrogen-bond acceptors (Lipinski definition) is 1. The highest BCUT2D eigenvalue weighted by Gasteiger charge is 2.14. The highest BCUT2D eigenvalue weighted by molar-refractivity contribution is 6.33. The van der Waals surface area contributed by atoms with E-state index in [0.717, 1.165) is 12.8 Å². The van der Waals surface area contributed by atoms with Gasteiger partial charge in [-0.3, -0.25) is 0 Å². The molecule has 0 aliphatic heterocycles. The first-order valence-electron chi connectivity index (χ1n) is 3.34. The molecule has 2 heteroatoms. The zero-order valence-corrected chi connectivity index (χ0v) is 6.28. The minimum atomic E-state index is 0.693. The molecule has 1 aromatic carbocycles. The maximum absolute atomic E-state index is 5.79. The molecule has 0 spiro atoms. The first-order valence-corrected chi connectivity index (χ1v) is 3.72. The number of hydrogen-bond donors (Lipinski definition) is 1. The van der Waals surface area contributed by atoms with Crippen molar-refractivity contribution in [2.75, 3.05) is 5.73 Å². The van der Waals surface area contributed by atoms with Crippen molar-refractivity contribution in [3.63, 3.8) is 0 Å². The Bertz CT molecular complexity index is 241. The Balaban J connectivity index is 2.60. The summed E-state index contributed by atoms with van der Waals surface area (Å²) in [5.41, 5.74) is 9.02. The predicted octanol–water partition coefficient (Wildman–Crippen LogP) is 2.02. The molecular weight excluding hydrogens is 146 g/mol. The molecule has 1 aromatic rings. The topological polar surface area (TPSA) is 26.0 Å². The summed E-state index contributed by atoms with van der Waals surface area (Å²) >= 11 is 5.79. The van der Waals surface area contributed by atoms with Crippen LogP contribution in [0, 0.1) is 0 Å². The van der Waals surface area contributed by atoms with Crippen molar-refractivity contribution in [2.45, 2.75) is 12.8 Å². The Morgan fingerprint density at radius 1 is 1.20 bits per heavy atom. The minimum absolute atomic E-state index is 0.693. The molecule has 2 N–H and O–H groups in total. The first kappa shape index (κ1) is 6.05. The summed E-state index contributed by atoms with van der Waals surface area (Å²) in [4.78, 5) is 0. The van der Waals surface area contributed by atoms with Crippen molar-refractivity contribution in [2.24, 2.45) is 0 Å². The molecule has 0 bridgehead atoms. The van der Waals surface area contributed by atoms with Gasteiger partial charge in [0.15, 0.2) is 0 Å². The van der Waals surface area contributed by atoms with Crippen molar-refractivity contribution in [1.82, 2.24) is 0 Å². The number of nitrogens with two attached hydrogens (primary N) is 1. The molecule has 1 nitrogen and oxygen atoms in total. The van der Waals surface area contributed by atoms with Crippen LogP contribution in [0.15, 0.2) is 12.1 Å². The monoisotopic (exact) mass is 153 g/mol. The van der Waals surface area contributed by atoms with Crippen LogP contribution in [0.2, 0.25) is 5.02 Å². The van der Waals surface area contributed by atoms with Gasteiger partial charge in [0.05, 0.1) is 10.7 Å². The van der Waals surface area contributed by atoms with E-state index >= 15 is 0 Å². The summed E-state index contributed by atoms with van der Waals surface area (Å²) in [6.07, 6.45) is 2.33. The number of rotatable bonds is 0. The molecule has 0 saturated heterocycles. The summed E-state index contributed by atoms with van der Waals surface area (Å²) in [5.74, 6) is 0. The van der Waals surface area contributed by atoms with E-state index in [0.29, 0.717) is 10.7 Å². The first-order chi connectivity index (χ1) is 4.77. The molecule has 10 heavy (non-hydrogen) atoms. The molecule has 52 valence electrons. The fourth-order valence-electron chi connectivity index (χ4n) is 1.24. The van der Waals surface area contributed by atoms with Crippen LogP contribution in [0.25, 0.3) is 0 Å². The summed E-state index contributed by atoms with van der Waals surface area (Å²) in [7, 11) is 0. The van der Waals surface area contributed by atoms with Gasteiger partial charge in [0.2, 0.25) is 0 Å². The zero-order chi connectivity index (χ0) is 7.14. The fourth-order valence-corrected chi connectivity index (χ4v) is 1.42. The largest absolute Gasteiger partial charge is 0.398 e. The molecule has 0 amide bonds. The van der Waals surface area contributed by atoms with E-state index < -0.39 is 0 Å². The van der Waals surface area contributed by atoms with Crippen molar-refractivity contribution in [3.8, 4) is 0 Å². The smallest absolute Gasteiger partial charge is 0.0638 e. The Morgan fingerprint density at radius 2 is 1.80 bits per heavy atom. The third-order valence-corrected chi connectivity index (χ3v) is 2.31. The van der Waals surface area contributed by atoms with E-state index in [1.54, 1.807) is 0 Å². The van der Waals surface area contributed by atoms with E-state index in [4.69, 9.17) is 17.3 Å².